The number of fused-ring (bicyclic) bond motifs is 2. The molecule has 34 heavy (non-hydrogen) atoms. The van der Waals surface area contributed by atoms with Crippen LogP contribution in [-0.4, -0.2) is 67.3 Å². The van der Waals surface area contributed by atoms with Crippen LogP contribution in [0.4, 0.5) is 0 Å². The monoisotopic (exact) mass is 589 g/mol. The zero-order valence-electron chi connectivity index (χ0n) is 19.7. The highest BCUT2D eigenvalue weighted by molar-refractivity contribution is 9.11. The molecule has 2 saturated heterocycles. The summed E-state index contributed by atoms with van der Waals surface area (Å²) in [6.07, 6.45) is 7.91. The molecule has 7 heteroatoms. The van der Waals surface area contributed by atoms with E-state index in [1.807, 2.05) is 12.1 Å². The van der Waals surface area contributed by atoms with Crippen LogP contribution >= 0.6 is 31.9 Å². The van der Waals surface area contributed by atoms with Crippen LogP contribution in [0.2, 0.25) is 0 Å². The summed E-state index contributed by atoms with van der Waals surface area (Å²) in [7, 11) is 0. The fourth-order valence-electron chi connectivity index (χ4n) is 5.02. The second kappa shape index (κ2) is 11.5. The third-order valence-corrected chi connectivity index (χ3v) is 8.52. The van der Waals surface area contributed by atoms with E-state index in [2.05, 4.69) is 59.9 Å². The molecular formula is C27H33Br2N3O2. The first-order chi connectivity index (χ1) is 16.7. The maximum atomic E-state index is 6.15. The minimum atomic E-state index is 0.691. The van der Waals surface area contributed by atoms with Crippen LogP contribution in [0.3, 0.4) is 0 Å². The maximum absolute atomic E-state index is 6.15. The van der Waals surface area contributed by atoms with E-state index in [1.54, 1.807) is 0 Å². The Labute approximate surface area is 219 Å². The number of benzene rings is 2. The fourth-order valence-corrected chi connectivity index (χ4v) is 6.15. The topological polar surface area (TPSA) is 37.8 Å². The molecule has 2 aliphatic rings. The van der Waals surface area contributed by atoms with Gasteiger partial charge in [0.2, 0.25) is 0 Å². The van der Waals surface area contributed by atoms with E-state index in [1.165, 1.54) is 64.7 Å². The predicted molar refractivity (Wildman–Crippen MR) is 146 cm³/mol. The highest BCUT2D eigenvalue weighted by atomic mass is 79.9. The molecule has 182 valence electrons. The van der Waals surface area contributed by atoms with Crippen LogP contribution in [0.1, 0.15) is 38.5 Å². The molecule has 0 aliphatic carbocycles. The standard InChI is InChI=1S/C27H33Br2N3O2/c28-24-22(33-17-15-31-11-3-1-4-12-31)9-7-20-19-21-8-10-23(25(29)27(21)30-26(20)24)34-18-16-32-13-5-2-6-14-32/h7-10,19H,1-6,11-18H2. The average molecular weight is 591 g/mol. The molecule has 1 aromatic heterocycles. The van der Waals surface area contributed by atoms with E-state index in [-0.39, 0.29) is 0 Å². The lowest BCUT2D eigenvalue weighted by Gasteiger charge is -2.26. The molecule has 0 spiro atoms. The number of aromatic nitrogens is 1. The summed E-state index contributed by atoms with van der Waals surface area (Å²) >= 11 is 7.54. The quantitative estimate of drug-likeness (QED) is 0.275. The Morgan fingerprint density at radius 1 is 0.647 bits per heavy atom. The minimum absolute atomic E-state index is 0.691. The molecule has 5 nitrogen and oxygen atoms in total. The van der Waals surface area contributed by atoms with Gasteiger partial charge in [0.05, 0.1) is 20.0 Å². The Bertz CT molecular complexity index is 1040. The van der Waals surface area contributed by atoms with E-state index >= 15 is 0 Å². The van der Waals surface area contributed by atoms with Crippen molar-refractivity contribution in [3.63, 3.8) is 0 Å². The van der Waals surface area contributed by atoms with Crippen LogP contribution in [0.15, 0.2) is 39.3 Å². The normalized spacial score (nSPS) is 17.9. The smallest absolute Gasteiger partial charge is 0.135 e. The van der Waals surface area contributed by atoms with Crippen molar-refractivity contribution in [3.8, 4) is 11.5 Å². The highest BCUT2D eigenvalue weighted by Crippen LogP contribution is 2.37. The number of hydrogen-bond donors (Lipinski definition) is 0. The lowest BCUT2D eigenvalue weighted by atomic mass is 10.1. The molecule has 0 saturated carbocycles. The van der Waals surface area contributed by atoms with Crippen LogP contribution < -0.4 is 9.47 Å². The summed E-state index contributed by atoms with van der Waals surface area (Å²) in [5.74, 6) is 1.70. The highest BCUT2D eigenvalue weighted by Gasteiger charge is 2.15. The van der Waals surface area contributed by atoms with Gasteiger partial charge in [-0.15, -0.1) is 0 Å². The summed E-state index contributed by atoms with van der Waals surface area (Å²) in [6, 6.07) is 10.5. The number of ether oxygens (including phenoxy) is 2. The van der Waals surface area contributed by atoms with Crippen molar-refractivity contribution in [2.24, 2.45) is 0 Å². The molecule has 3 heterocycles. The lowest BCUT2D eigenvalue weighted by Crippen LogP contribution is -2.33. The van der Waals surface area contributed by atoms with Gasteiger partial charge in [-0.25, -0.2) is 4.98 Å². The third-order valence-electron chi connectivity index (χ3n) is 6.99. The predicted octanol–water partition coefficient (Wildman–Crippen LogP) is 6.64. The van der Waals surface area contributed by atoms with Gasteiger partial charge in [0.15, 0.2) is 0 Å². The van der Waals surface area contributed by atoms with Crippen LogP contribution in [0.25, 0.3) is 21.8 Å². The summed E-state index contributed by atoms with van der Waals surface area (Å²) in [5.41, 5.74) is 1.82. The molecule has 0 N–H and O–H groups in total. The second-order valence-electron chi connectivity index (χ2n) is 9.39. The van der Waals surface area contributed by atoms with Gasteiger partial charge in [-0.3, -0.25) is 9.80 Å². The van der Waals surface area contributed by atoms with Crippen molar-refractivity contribution >= 4 is 53.7 Å². The Morgan fingerprint density at radius 2 is 1.09 bits per heavy atom. The molecule has 2 fully saturated rings. The first kappa shape index (κ1) is 24.3. The molecule has 2 aromatic carbocycles. The van der Waals surface area contributed by atoms with Gasteiger partial charge < -0.3 is 9.47 Å². The van der Waals surface area contributed by atoms with Crippen LogP contribution in [-0.2, 0) is 0 Å². The fraction of sp³-hybridized carbons (Fsp3) is 0.519. The van der Waals surface area contributed by atoms with Gasteiger partial charge >= 0.3 is 0 Å². The number of piperidine rings is 2. The van der Waals surface area contributed by atoms with Crippen molar-refractivity contribution in [1.82, 2.24) is 14.8 Å². The molecule has 0 bridgehead atoms. The summed E-state index contributed by atoms with van der Waals surface area (Å²) in [6.45, 7) is 8.07. The van der Waals surface area contributed by atoms with E-state index in [0.717, 1.165) is 55.3 Å². The first-order valence-electron chi connectivity index (χ1n) is 12.6. The largest absolute Gasteiger partial charge is 0.491 e. The molecular weight excluding hydrogens is 558 g/mol. The summed E-state index contributed by atoms with van der Waals surface area (Å²) in [4.78, 5) is 10.0. The van der Waals surface area contributed by atoms with Crippen molar-refractivity contribution in [1.29, 1.82) is 0 Å². The summed E-state index contributed by atoms with van der Waals surface area (Å²) in [5, 5.41) is 2.18. The molecule has 0 radical (unpaired) electrons. The SMILES string of the molecule is Brc1c(OCCN2CCCCC2)ccc2cc3ccc(OCCN4CCCCC4)c(Br)c3nc12. The zero-order chi connectivity index (χ0) is 23.3. The van der Waals surface area contributed by atoms with Crippen molar-refractivity contribution < 1.29 is 9.47 Å². The molecule has 2 aliphatic heterocycles. The van der Waals surface area contributed by atoms with E-state index < -0.39 is 0 Å². The van der Waals surface area contributed by atoms with Gasteiger partial charge in [-0.2, -0.15) is 0 Å². The zero-order valence-corrected chi connectivity index (χ0v) is 22.9. The Kier molecular flexibility index (Phi) is 8.25. The average Bonchev–Trinajstić information content (AvgIpc) is 2.87. The van der Waals surface area contributed by atoms with E-state index in [4.69, 9.17) is 14.5 Å². The van der Waals surface area contributed by atoms with E-state index in [9.17, 15) is 0 Å². The van der Waals surface area contributed by atoms with Crippen LogP contribution in [0.5, 0.6) is 11.5 Å². The Balaban J connectivity index is 1.30. The van der Waals surface area contributed by atoms with Gasteiger partial charge in [0.1, 0.15) is 24.7 Å². The first-order valence-corrected chi connectivity index (χ1v) is 14.2. The van der Waals surface area contributed by atoms with Crippen molar-refractivity contribution in [3.05, 3.63) is 39.3 Å². The van der Waals surface area contributed by atoms with Gasteiger partial charge in [0, 0.05) is 23.9 Å². The van der Waals surface area contributed by atoms with Crippen molar-refractivity contribution in [2.75, 3.05) is 52.5 Å². The number of halogens is 2. The molecule has 0 amide bonds. The minimum Gasteiger partial charge on any atom is -0.491 e. The second-order valence-corrected chi connectivity index (χ2v) is 11.0. The molecule has 5 rings (SSSR count). The lowest BCUT2D eigenvalue weighted by molar-refractivity contribution is 0.183. The number of nitrogens with zero attached hydrogens (tertiary/aromatic N) is 3. The number of likely N-dealkylation sites (tertiary alicyclic amines) is 2. The maximum Gasteiger partial charge on any atom is 0.135 e. The Hall–Kier alpha value is -1.41. The molecule has 0 atom stereocenters. The van der Waals surface area contributed by atoms with Crippen LogP contribution in [0, 0.1) is 0 Å². The number of hydrogen-bond acceptors (Lipinski definition) is 5. The molecule has 3 aromatic rings. The van der Waals surface area contributed by atoms with Crippen molar-refractivity contribution in [2.45, 2.75) is 38.5 Å². The third kappa shape index (κ3) is 5.69. The van der Waals surface area contributed by atoms with Gasteiger partial charge in [-0.1, -0.05) is 12.8 Å². The molecule has 0 unspecified atom stereocenters. The number of rotatable bonds is 8. The van der Waals surface area contributed by atoms with Gasteiger partial charge in [-0.05, 0) is 114 Å². The number of pyridine rings is 1. The summed E-state index contributed by atoms with van der Waals surface area (Å²) < 4.78 is 14.1. The Morgan fingerprint density at radius 3 is 1.53 bits per heavy atom. The van der Waals surface area contributed by atoms with Gasteiger partial charge in [0.25, 0.3) is 0 Å². The van der Waals surface area contributed by atoms with E-state index in [0.29, 0.717) is 13.2 Å².